The molecule has 7 nitrogen and oxygen atoms in total. The van der Waals surface area contributed by atoms with Crippen LogP contribution >= 0.6 is 0 Å². The number of nitrogens with zero attached hydrogens (tertiary/aromatic N) is 2. The average Bonchev–Trinajstić information content (AvgIpc) is 2.77. The number of allylic oxidation sites excluding steroid dienone is 1. The van der Waals surface area contributed by atoms with Crippen LogP contribution in [0.15, 0.2) is 77.3 Å². The number of nitrogens with two attached hydrogens (primary N) is 1. The number of carbonyl (C=O) groups is 2. The summed E-state index contributed by atoms with van der Waals surface area (Å²) in [7, 11) is 2.30. The Balaban J connectivity index is 2.41. The van der Waals surface area contributed by atoms with Gasteiger partial charge in [-0.1, -0.05) is 36.4 Å². The molecule has 0 radical (unpaired) electrons. The first-order valence-electron chi connectivity index (χ1n) is 8.85. The summed E-state index contributed by atoms with van der Waals surface area (Å²) in [5.74, 6) is -3.41. The summed E-state index contributed by atoms with van der Waals surface area (Å²) >= 11 is 0. The first-order chi connectivity index (χ1) is 14.4. The van der Waals surface area contributed by atoms with Crippen molar-refractivity contribution >= 4 is 17.6 Å². The number of nitriles is 1. The van der Waals surface area contributed by atoms with E-state index in [1.807, 2.05) is 6.07 Å². The Morgan fingerprint density at radius 3 is 2.30 bits per heavy atom. The highest BCUT2D eigenvalue weighted by atomic mass is 19.1. The summed E-state index contributed by atoms with van der Waals surface area (Å²) < 4.78 is 23.8. The van der Waals surface area contributed by atoms with Gasteiger partial charge in [-0.25, -0.2) is 14.0 Å². The fourth-order valence-corrected chi connectivity index (χ4v) is 3.40. The Morgan fingerprint density at radius 2 is 1.73 bits per heavy atom. The van der Waals surface area contributed by atoms with E-state index in [9.17, 15) is 19.2 Å². The van der Waals surface area contributed by atoms with Crippen LogP contribution in [-0.4, -0.2) is 26.2 Å². The van der Waals surface area contributed by atoms with Crippen molar-refractivity contribution < 1.29 is 23.5 Å². The predicted octanol–water partition coefficient (Wildman–Crippen LogP) is 2.72. The fourth-order valence-electron chi connectivity index (χ4n) is 3.40. The van der Waals surface area contributed by atoms with Crippen molar-refractivity contribution in [2.45, 2.75) is 5.92 Å². The lowest BCUT2D eigenvalue weighted by Crippen LogP contribution is -2.40. The third-order valence-electron chi connectivity index (χ3n) is 4.68. The molecule has 1 heterocycles. The maximum atomic E-state index is 13.9. The van der Waals surface area contributed by atoms with E-state index in [4.69, 9.17) is 15.2 Å². The average molecular weight is 407 g/mol. The van der Waals surface area contributed by atoms with Crippen LogP contribution < -0.4 is 10.6 Å². The number of ether oxygens (including phenoxy) is 2. The molecule has 1 aliphatic heterocycles. The minimum atomic E-state index is -0.970. The number of methoxy groups -OCH3 is 2. The smallest absolute Gasteiger partial charge is 0.355 e. The van der Waals surface area contributed by atoms with E-state index in [0.717, 1.165) is 25.2 Å². The minimum Gasteiger partial charge on any atom is -0.466 e. The summed E-state index contributed by atoms with van der Waals surface area (Å²) in [6.07, 6.45) is 0. The quantitative estimate of drug-likeness (QED) is 0.777. The molecule has 2 aromatic rings. The number of halogens is 1. The monoisotopic (exact) mass is 407 g/mol. The van der Waals surface area contributed by atoms with Gasteiger partial charge in [-0.2, -0.15) is 5.26 Å². The van der Waals surface area contributed by atoms with E-state index in [2.05, 4.69) is 0 Å². The van der Waals surface area contributed by atoms with Crippen LogP contribution in [0.3, 0.4) is 0 Å². The van der Waals surface area contributed by atoms with Crippen molar-refractivity contribution in [1.82, 2.24) is 0 Å². The Bertz CT molecular complexity index is 1100. The van der Waals surface area contributed by atoms with Gasteiger partial charge in [-0.3, -0.25) is 4.90 Å². The van der Waals surface area contributed by atoms with E-state index in [-0.39, 0.29) is 28.4 Å². The van der Waals surface area contributed by atoms with Crippen molar-refractivity contribution in [1.29, 1.82) is 5.26 Å². The summed E-state index contributed by atoms with van der Waals surface area (Å²) in [4.78, 5) is 26.8. The van der Waals surface area contributed by atoms with Crippen LogP contribution in [0.25, 0.3) is 0 Å². The standard InChI is InChI=1S/C22H18FN3O4/c1-29-21(27)18-17(13-7-4-3-5-8-13)16(12-24)20(25)26(19(18)22(28)30-2)15-10-6-9-14(23)11-15/h3-11,17H,25H2,1-2H3. The molecular formula is C22H18FN3O4. The van der Waals surface area contributed by atoms with Gasteiger partial charge in [-0.15, -0.1) is 0 Å². The van der Waals surface area contributed by atoms with Crippen LogP contribution in [0, 0.1) is 17.1 Å². The molecule has 0 amide bonds. The van der Waals surface area contributed by atoms with Crippen molar-refractivity contribution in [2.24, 2.45) is 5.73 Å². The van der Waals surface area contributed by atoms with Crippen LogP contribution in [-0.2, 0) is 19.1 Å². The van der Waals surface area contributed by atoms with Gasteiger partial charge >= 0.3 is 11.9 Å². The van der Waals surface area contributed by atoms with Gasteiger partial charge in [0.15, 0.2) is 0 Å². The van der Waals surface area contributed by atoms with Gasteiger partial charge in [0, 0.05) is 0 Å². The van der Waals surface area contributed by atoms with Gasteiger partial charge in [-0.05, 0) is 23.8 Å². The van der Waals surface area contributed by atoms with Crippen molar-refractivity contribution in [3.63, 3.8) is 0 Å². The van der Waals surface area contributed by atoms with Crippen molar-refractivity contribution in [3.05, 3.63) is 88.6 Å². The molecule has 8 heteroatoms. The zero-order valence-corrected chi connectivity index (χ0v) is 16.3. The molecule has 152 valence electrons. The van der Waals surface area contributed by atoms with E-state index in [0.29, 0.717) is 5.56 Å². The number of carbonyl (C=O) groups excluding carboxylic acids is 2. The maximum absolute atomic E-state index is 13.9. The molecule has 0 saturated carbocycles. The van der Waals surface area contributed by atoms with Crippen LogP contribution in [0.4, 0.5) is 10.1 Å². The number of esters is 2. The lowest BCUT2D eigenvalue weighted by atomic mass is 9.81. The highest BCUT2D eigenvalue weighted by molar-refractivity contribution is 6.06. The molecule has 1 aliphatic rings. The molecule has 0 spiro atoms. The third-order valence-corrected chi connectivity index (χ3v) is 4.68. The number of anilines is 1. The molecule has 0 aliphatic carbocycles. The first kappa shape index (κ1) is 20.6. The Morgan fingerprint density at radius 1 is 1.07 bits per heavy atom. The molecule has 1 atom stereocenters. The lowest BCUT2D eigenvalue weighted by molar-refractivity contribution is -0.139. The molecule has 0 bridgehead atoms. The number of hydrogen-bond acceptors (Lipinski definition) is 7. The topological polar surface area (TPSA) is 106 Å². The van der Waals surface area contributed by atoms with E-state index < -0.39 is 23.7 Å². The Labute approximate surface area is 172 Å². The highest BCUT2D eigenvalue weighted by Gasteiger charge is 2.42. The number of benzene rings is 2. The summed E-state index contributed by atoms with van der Waals surface area (Å²) in [5, 5.41) is 9.89. The first-order valence-corrected chi connectivity index (χ1v) is 8.85. The number of hydrogen-bond donors (Lipinski definition) is 1. The Kier molecular flexibility index (Phi) is 5.83. The zero-order chi connectivity index (χ0) is 21.8. The molecule has 0 saturated heterocycles. The minimum absolute atomic E-state index is 0.0125. The second-order valence-corrected chi connectivity index (χ2v) is 6.32. The second kappa shape index (κ2) is 8.49. The largest absolute Gasteiger partial charge is 0.466 e. The van der Waals surface area contributed by atoms with Gasteiger partial charge in [0.25, 0.3) is 0 Å². The number of rotatable bonds is 4. The normalized spacial score (nSPS) is 16.2. The third kappa shape index (κ3) is 3.49. The van der Waals surface area contributed by atoms with Crippen molar-refractivity contribution in [2.75, 3.05) is 19.1 Å². The van der Waals surface area contributed by atoms with E-state index >= 15 is 0 Å². The molecule has 2 aromatic carbocycles. The highest BCUT2D eigenvalue weighted by Crippen LogP contribution is 2.43. The van der Waals surface area contributed by atoms with Gasteiger partial charge in [0.1, 0.15) is 17.3 Å². The van der Waals surface area contributed by atoms with Crippen LogP contribution in [0.1, 0.15) is 11.5 Å². The summed E-state index contributed by atoms with van der Waals surface area (Å²) in [5.41, 5.74) is 6.63. The van der Waals surface area contributed by atoms with Crippen molar-refractivity contribution in [3.8, 4) is 6.07 Å². The zero-order valence-electron chi connectivity index (χ0n) is 16.3. The Hall–Kier alpha value is -4.12. The SMILES string of the molecule is COC(=O)C1=C(C(=O)OC)N(c2cccc(F)c2)C(N)=C(C#N)C1c1ccccc1. The van der Waals surface area contributed by atoms with E-state index in [1.54, 1.807) is 30.3 Å². The van der Waals surface area contributed by atoms with Crippen LogP contribution in [0.5, 0.6) is 0 Å². The van der Waals surface area contributed by atoms with Gasteiger partial charge < -0.3 is 15.2 Å². The predicted molar refractivity (Wildman–Crippen MR) is 106 cm³/mol. The van der Waals surface area contributed by atoms with E-state index in [1.165, 1.54) is 18.2 Å². The molecule has 0 fully saturated rings. The molecule has 30 heavy (non-hydrogen) atoms. The van der Waals surface area contributed by atoms with Gasteiger partial charge in [0.05, 0.1) is 43.0 Å². The summed E-state index contributed by atoms with van der Waals surface area (Å²) in [6, 6.07) is 15.9. The maximum Gasteiger partial charge on any atom is 0.355 e. The molecule has 3 rings (SSSR count). The molecular weight excluding hydrogens is 389 g/mol. The molecule has 1 unspecified atom stereocenters. The molecule has 2 N–H and O–H groups in total. The van der Waals surface area contributed by atoms with Gasteiger partial charge in [0.2, 0.25) is 0 Å². The van der Waals surface area contributed by atoms with Crippen LogP contribution in [0.2, 0.25) is 0 Å². The molecule has 0 aromatic heterocycles. The fraction of sp³-hybridized carbons (Fsp3) is 0.136. The second-order valence-electron chi connectivity index (χ2n) is 6.32. The lowest BCUT2D eigenvalue weighted by Gasteiger charge is -2.35. The summed E-state index contributed by atoms with van der Waals surface area (Å²) in [6.45, 7) is 0.